The van der Waals surface area contributed by atoms with E-state index in [2.05, 4.69) is 5.10 Å². The van der Waals surface area contributed by atoms with Crippen molar-refractivity contribution >= 4 is 10.9 Å². The minimum Gasteiger partial charge on any atom is -0.328 e. The van der Waals surface area contributed by atoms with Gasteiger partial charge in [-0.05, 0) is 37.1 Å². The highest BCUT2D eigenvalue weighted by Crippen LogP contribution is 2.24. The second-order valence-corrected chi connectivity index (χ2v) is 5.20. The Morgan fingerprint density at radius 1 is 1.19 bits per heavy atom. The quantitative estimate of drug-likeness (QED) is 0.804. The van der Waals surface area contributed by atoms with Crippen LogP contribution in [0.5, 0.6) is 0 Å². The van der Waals surface area contributed by atoms with Crippen LogP contribution in [0.4, 0.5) is 8.78 Å². The van der Waals surface area contributed by atoms with Crippen molar-refractivity contribution in [3.05, 3.63) is 59.8 Å². The molecule has 0 saturated heterocycles. The van der Waals surface area contributed by atoms with Crippen LogP contribution in [-0.4, -0.2) is 15.8 Å². The van der Waals surface area contributed by atoms with E-state index in [0.717, 1.165) is 5.39 Å². The van der Waals surface area contributed by atoms with E-state index in [0.29, 0.717) is 17.5 Å². The van der Waals surface area contributed by atoms with Gasteiger partial charge in [0.05, 0.1) is 11.7 Å². The van der Waals surface area contributed by atoms with Crippen LogP contribution >= 0.6 is 0 Å². The molecule has 3 aromatic rings. The standard InChI is InChI=1S/C16H15F2N3/c1-10(19)6-11-7-13(17)16(14(18)8-11)21-15-5-3-2-4-12(15)9-20-21/h2-5,7-10H,6,19H2,1H3. The number of nitrogens with two attached hydrogens (primary N) is 1. The lowest BCUT2D eigenvalue weighted by molar-refractivity contribution is 0.557. The first kappa shape index (κ1) is 13.7. The molecule has 1 unspecified atom stereocenters. The zero-order chi connectivity index (χ0) is 15.0. The number of rotatable bonds is 3. The van der Waals surface area contributed by atoms with Gasteiger partial charge < -0.3 is 5.73 Å². The van der Waals surface area contributed by atoms with Crippen LogP contribution in [-0.2, 0) is 6.42 Å². The third kappa shape index (κ3) is 2.52. The number of halogens is 2. The van der Waals surface area contributed by atoms with Crippen LogP contribution < -0.4 is 5.73 Å². The van der Waals surface area contributed by atoms with Gasteiger partial charge in [-0.1, -0.05) is 18.2 Å². The van der Waals surface area contributed by atoms with Gasteiger partial charge in [-0.2, -0.15) is 5.10 Å². The van der Waals surface area contributed by atoms with Crippen molar-refractivity contribution in [2.45, 2.75) is 19.4 Å². The number of aromatic nitrogens is 2. The molecule has 0 amide bonds. The van der Waals surface area contributed by atoms with Crippen LogP contribution in [0.3, 0.4) is 0 Å². The minimum absolute atomic E-state index is 0.153. The number of hydrogen-bond donors (Lipinski definition) is 1. The molecular weight excluding hydrogens is 272 g/mol. The zero-order valence-corrected chi connectivity index (χ0v) is 11.6. The van der Waals surface area contributed by atoms with E-state index in [-0.39, 0.29) is 11.7 Å². The summed E-state index contributed by atoms with van der Waals surface area (Å²) < 4.78 is 29.9. The number of fused-ring (bicyclic) bond motifs is 1. The number of para-hydroxylation sites is 1. The molecule has 0 fully saturated rings. The van der Waals surface area contributed by atoms with Gasteiger partial charge in [0.2, 0.25) is 0 Å². The van der Waals surface area contributed by atoms with Gasteiger partial charge in [0, 0.05) is 11.4 Å². The lowest BCUT2D eigenvalue weighted by Crippen LogP contribution is -2.18. The Morgan fingerprint density at radius 3 is 2.52 bits per heavy atom. The summed E-state index contributed by atoms with van der Waals surface area (Å²) in [4.78, 5) is 0. The van der Waals surface area contributed by atoms with E-state index < -0.39 is 11.6 Å². The third-order valence-electron chi connectivity index (χ3n) is 3.32. The molecule has 0 aliphatic carbocycles. The molecule has 2 N–H and O–H groups in total. The fraction of sp³-hybridized carbons (Fsp3) is 0.188. The average molecular weight is 287 g/mol. The maximum atomic E-state index is 14.3. The first-order valence-electron chi connectivity index (χ1n) is 6.73. The van der Waals surface area contributed by atoms with Crippen LogP contribution in [0.25, 0.3) is 16.6 Å². The smallest absolute Gasteiger partial charge is 0.152 e. The van der Waals surface area contributed by atoms with Crippen molar-refractivity contribution in [2.75, 3.05) is 0 Å². The number of nitrogens with zero attached hydrogens (tertiary/aromatic N) is 2. The van der Waals surface area contributed by atoms with Crippen molar-refractivity contribution in [3.8, 4) is 5.69 Å². The minimum atomic E-state index is -0.639. The summed E-state index contributed by atoms with van der Waals surface area (Å²) in [5, 5.41) is 4.92. The lowest BCUT2D eigenvalue weighted by atomic mass is 10.1. The molecule has 0 aliphatic heterocycles. The molecule has 0 aliphatic rings. The van der Waals surface area contributed by atoms with Crippen molar-refractivity contribution in [1.29, 1.82) is 0 Å². The van der Waals surface area contributed by atoms with Gasteiger partial charge in [-0.15, -0.1) is 0 Å². The highest BCUT2D eigenvalue weighted by molar-refractivity contribution is 5.80. The largest absolute Gasteiger partial charge is 0.328 e. The Morgan fingerprint density at radius 2 is 1.86 bits per heavy atom. The van der Waals surface area contributed by atoms with Gasteiger partial charge in [0.25, 0.3) is 0 Å². The Bertz CT molecular complexity index is 770. The zero-order valence-electron chi connectivity index (χ0n) is 11.6. The molecule has 108 valence electrons. The molecule has 0 saturated carbocycles. The van der Waals surface area contributed by atoms with E-state index in [4.69, 9.17) is 5.73 Å². The van der Waals surface area contributed by atoms with Crippen LogP contribution in [0.2, 0.25) is 0 Å². The van der Waals surface area contributed by atoms with E-state index >= 15 is 0 Å². The maximum Gasteiger partial charge on any atom is 0.152 e. The van der Waals surface area contributed by atoms with Crippen LogP contribution in [0.1, 0.15) is 12.5 Å². The Labute approximate surface area is 121 Å². The summed E-state index contributed by atoms with van der Waals surface area (Å²) >= 11 is 0. The van der Waals surface area contributed by atoms with Crippen molar-refractivity contribution in [2.24, 2.45) is 5.73 Å². The summed E-state index contributed by atoms with van der Waals surface area (Å²) in [5.74, 6) is -1.28. The molecule has 3 rings (SSSR count). The van der Waals surface area contributed by atoms with E-state index in [9.17, 15) is 8.78 Å². The topological polar surface area (TPSA) is 43.8 Å². The second kappa shape index (κ2) is 5.26. The first-order chi connectivity index (χ1) is 10.1. The second-order valence-electron chi connectivity index (χ2n) is 5.20. The van der Waals surface area contributed by atoms with Gasteiger partial charge in [0.1, 0.15) is 5.69 Å². The Kier molecular flexibility index (Phi) is 3.43. The fourth-order valence-corrected chi connectivity index (χ4v) is 2.46. The van der Waals surface area contributed by atoms with E-state index in [1.54, 1.807) is 25.3 Å². The summed E-state index contributed by atoms with van der Waals surface area (Å²) in [6.07, 6.45) is 2.01. The molecule has 3 nitrogen and oxygen atoms in total. The van der Waals surface area contributed by atoms with Gasteiger partial charge in [0.15, 0.2) is 11.6 Å². The highest BCUT2D eigenvalue weighted by Gasteiger charge is 2.16. The molecule has 1 aromatic heterocycles. The summed E-state index contributed by atoms with van der Waals surface area (Å²) in [5.41, 5.74) is 6.71. The lowest BCUT2D eigenvalue weighted by Gasteiger charge is -2.10. The SMILES string of the molecule is CC(N)Cc1cc(F)c(-n2ncc3ccccc32)c(F)c1. The molecule has 0 radical (unpaired) electrons. The Hall–Kier alpha value is -2.27. The molecule has 0 spiro atoms. The molecule has 0 bridgehead atoms. The van der Waals surface area contributed by atoms with Crippen LogP contribution in [0, 0.1) is 11.6 Å². The van der Waals surface area contributed by atoms with Crippen molar-refractivity contribution in [1.82, 2.24) is 9.78 Å². The van der Waals surface area contributed by atoms with Crippen molar-refractivity contribution in [3.63, 3.8) is 0 Å². The summed E-state index contributed by atoms with van der Waals surface area (Å²) in [6.45, 7) is 1.80. The van der Waals surface area contributed by atoms with Gasteiger partial charge >= 0.3 is 0 Å². The summed E-state index contributed by atoms with van der Waals surface area (Å²) in [6, 6.07) is 9.76. The van der Waals surface area contributed by atoms with E-state index in [1.165, 1.54) is 16.8 Å². The highest BCUT2D eigenvalue weighted by atomic mass is 19.1. The van der Waals surface area contributed by atoms with Gasteiger partial charge in [-0.3, -0.25) is 0 Å². The third-order valence-corrected chi connectivity index (χ3v) is 3.32. The predicted molar refractivity (Wildman–Crippen MR) is 78.3 cm³/mol. The van der Waals surface area contributed by atoms with Crippen LogP contribution in [0.15, 0.2) is 42.6 Å². The first-order valence-corrected chi connectivity index (χ1v) is 6.73. The molecule has 1 heterocycles. The molecule has 21 heavy (non-hydrogen) atoms. The molecular formula is C16H15F2N3. The molecule has 1 atom stereocenters. The number of hydrogen-bond acceptors (Lipinski definition) is 2. The van der Waals surface area contributed by atoms with Gasteiger partial charge in [-0.25, -0.2) is 13.5 Å². The molecule has 5 heteroatoms. The predicted octanol–water partition coefficient (Wildman–Crippen LogP) is 3.19. The number of benzene rings is 2. The molecule has 2 aromatic carbocycles. The van der Waals surface area contributed by atoms with Crippen molar-refractivity contribution < 1.29 is 8.78 Å². The van der Waals surface area contributed by atoms with E-state index in [1.807, 2.05) is 12.1 Å². The Balaban J connectivity index is 2.14. The average Bonchev–Trinajstić information content (AvgIpc) is 2.81. The maximum absolute atomic E-state index is 14.3. The monoisotopic (exact) mass is 287 g/mol. The normalized spacial score (nSPS) is 12.8. The summed E-state index contributed by atoms with van der Waals surface area (Å²) in [7, 11) is 0. The fourth-order valence-electron chi connectivity index (χ4n) is 2.46.